The zero-order chi connectivity index (χ0) is 17.7. The summed E-state index contributed by atoms with van der Waals surface area (Å²) in [6, 6.07) is 8.23. The van der Waals surface area contributed by atoms with Crippen LogP contribution in [0.15, 0.2) is 35.3 Å². The molecule has 2 N–H and O–H groups in total. The second-order valence-electron chi connectivity index (χ2n) is 5.04. The monoisotopic (exact) mass is 369 g/mol. The van der Waals surface area contributed by atoms with Crippen molar-refractivity contribution in [1.29, 1.82) is 0 Å². The van der Waals surface area contributed by atoms with Crippen molar-refractivity contribution in [2.75, 3.05) is 7.05 Å². The first-order valence-electron chi connectivity index (χ1n) is 7.09. The Hall–Kier alpha value is -2.25. The summed E-state index contributed by atoms with van der Waals surface area (Å²) in [4.78, 5) is 14.5. The van der Waals surface area contributed by atoms with Gasteiger partial charge >= 0.3 is 0 Å². The highest BCUT2D eigenvalue weighted by Gasteiger charge is 2.10. The van der Waals surface area contributed by atoms with Crippen molar-refractivity contribution in [3.63, 3.8) is 0 Å². The Bertz CT molecular complexity index is 773. The smallest absolute Gasteiger partial charge is 0.269 e. The number of nitro groups is 1. The van der Waals surface area contributed by atoms with Crippen molar-refractivity contribution in [2.24, 2.45) is 12.0 Å². The van der Waals surface area contributed by atoms with E-state index >= 15 is 0 Å². The summed E-state index contributed by atoms with van der Waals surface area (Å²) in [5.74, 6) is 0.565. The molecule has 1 heterocycles. The number of hydrogen-bond acceptors (Lipinski definition) is 3. The molecule has 2 aromatic rings. The number of halogens is 2. The Morgan fingerprint density at radius 1 is 1.29 bits per heavy atom. The second kappa shape index (κ2) is 8.03. The van der Waals surface area contributed by atoms with Crippen molar-refractivity contribution in [2.45, 2.75) is 13.1 Å². The van der Waals surface area contributed by atoms with Gasteiger partial charge < -0.3 is 15.2 Å². The molecule has 0 amide bonds. The number of nitro benzene ring substituents is 1. The van der Waals surface area contributed by atoms with Gasteiger partial charge in [-0.25, -0.2) is 0 Å². The Balaban J connectivity index is 1.94. The lowest BCUT2D eigenvalue weighted by atomic mass is 10.2. The molecule has 0 unspecified atom stereocenters. The molecule has 0 radical (unpaired) electrons. The van der Waals surface area contributed by atoms with Crippen LogP contribution < -0.4 is 10.6 Å². The zero-order valence-electron chi connectivity index (χ0n) is 13.2. The molecule has 0 atom stereocenters. The van der Waals surface area contributed by atoms with Crippen LogP contribution in [-0.4, -0.2) is 22.5 Å². The number of non-ortho nitro benzene ring substituents is 1. The Morgan fingerprint density at radius 3 is 2.58 bits per heavy atom. The molecule has 0 spiro atoms. The van der Waals surface area contributed by atoms with Crippen LogP contribution in [0.2, 0.25) is 10.2 Å². The van der Waals surface area contributed by atoms with E-state index in [0.717, 1.165) is 11.3 Å². The summed E-state index contributed by atoms with van der Waals surface area (Å²) in [7, 11) is 3.47. The number of benzene rings is 1. The number of nitrogens with zero attached hydrogens (tertiary/aromatic N) is 3. The fraction of sp³-hybridized carbons (Fsp3) is 0.267. The van der Waals surface area contributed by atoms with Crippen molar-refractivity contribution in [3.8, 4) is 0 Å². The molecule has 0 fully saturated rings. The predicted molar refractivity (Wildman–Crippen MR) is 95.6 cm³/mol. The highest BCUT2D eigenvalue weighted by Crippen LogP contribution is 2.24. The lowest BCUT2D eigenvalue weighted by Gasteiger charge is -2.12. The van der Waals surface area contributed by atoms with E-state index in [1.165, 1.54) is 12.1 Å². The van der Waals surface area contributed by atoms with Crippen LogP contribution in [0.1, 0.15) is 11.3 Å². The van der Waals surface area contributed by atoms with E-state index in [1.54, 1.807) is 23.7 Å². The van der Waals surface area contributed by atoms with E-state index in [1.807, 2.05) is 13.1 Å². The summed E-state index contributed by atoms with van der Waals surface area (Å²) < 4.78 is 1.78. The van der Waals surface area contributed by atoms with Crippen LogP contribution in [0.4, 0.5) is 5.69 Å². The van der Waals surface area contributed by atoms with Crippen LogP contribution in [0.25, 0.3) is 0 Å². The number of aliphatic imine (C=N–C) groups is 1. The highest BCUT2D eigenvalue weighted by atomic mass is 35.5. The lowest BCUT2D eigenvalue weighted by Crippen LogP contribution is -2.36. The van der Waals surface area contributed by atoms with Crippen LogP contribution in [0, 0.1) is 10.1 Å². The summed E-state index contributed by atoms with van der Waals surface area (Å²) in [6.45, 7) is 0.896. The molecule has 0 bridgehead atoms. The fourth-order valence-corrected chi connectivity index (χ4v) is 2.54. The van der Waals surface area contributed by atoms with Gasteiger partial charge in [0.15, 0.2) is 5.96 Å². The molecule has 128 valence electrons. The van der Waals surface area contributed by atoms with E-state index in [-0.39, 0.29) is 5.69 Å². The Kier molecular flexibility index (Phi) is 6.05. The second-order valence-corrected chi connectivity index (χ2v) is 5.80. The number of guanidine groups is 1. The maximum absolute atomic E-state index is 10.8. The quantitative estimate of drug-likeness (QED) is 0.367. The van der Waals surface area contributed by atoms with Gasteiger partial charge in [-0.15, -0.1) is 0 Å². The van der Waals surface area contributed by atoms with Crippen LogP contribution in [0.5, 0.6) is 0 Å². The van der Waals surface area contributed by atoms with E-state index in [2.05, 4.69) is 15.6 Å². The van der Waals surface area contributed by atoms with Crippen LogP contribution >= 0.6 is 23.2 Å². The van der Waals surface area contributed by atoms with Gasteiger partial charge in [0, 0.05) is 38.5 Å². The summed E-state index contributed by atoms with van der Waals surface area (Å²) in [6.07, 6.45) is 0. The van der Waals surface area contributed by atoms with Crippen molar-refractivity contribution in [3.05, 3.63) is 61.9 Å². The topological polar surface area (TPSA) is 84.5 Å². The van der Waals surface area contributed by atoms with E-state index in [0.29, 0.717) is 29.2 Å². The molecule has 0 aliphatic heterocycles. The highest BCUT2D eigenvalue weighted by molar-refractivity contribution is 6.41. The van der Waals surface area contributed by atoms with E-state index in [9.17, 15) is 10.1 Å². The Labute approximate surface area is 149 Å². The largest absolute Gasteiger partial charge is 0.352 e. The standard InChI is InChI=1S/C15H17Cl2N5O2/c1-18-15(20-9-12-7-13(16)14(17)21(12)2)19-8-10-4-3-5-11(6-10)22(23)24/h3-7H,8-9H2,1-2H3,(H2,18,19,20). The predicted octanol–water partition coefficient (Wildman–Crippen LogP) is 3.11. The summed E-state index contributed by atoms with van der Waals surface area (Å²) in [5, 5.41) is 18.0. The van der Waals surface area contributed by atoms with Gasteiger partial charge in [-0.2, -0.15) is 0 Å². The van der Waals surface area contributed by atoms with Gasteiger partial charge in [0.2, 0.25) is 0 Å². The minimum Gasteiger partial charge on any atom is -0.352 e. The first kappa shape index (κ1) is 18.1. The number of aromatic nitrogens is 1. The molecular weight excluding hydrogens is 353 g/mol. The van der Waals surface area contributed by atoms with Gasteiger partial charge in [0.25, 0.3) is 5.69 Å². The third-order valence-corrected chi connectivity index (χ3v) is 4.30. The van der Waals surface area contributed by atoms with Crippen molar-refractivity contribution in [1.82, 2.24) is 15.2 Å². The minimum absolute atomic E-state index is 0.0605. The van der Waals surface area contributed by atoms with Crippen molar-refractivity contribution < 1.29 is 4.92 Å². The fourth-order valence-electron chi connectivity index (χ4n) is 2.12. The van der Waals surface area contributed by atoms with Crippen LogP contribution in [0.3, 0.4) is 0 Å². The van der Waals surface area contributed by atoms with E-state index in [4.69, 9.17) is 23.2 Å². The van der Waals surface area contributed by atoms with Gasteiger partial charge in [0.05, 0.1) is 16.5 Å². The summed E-state index contributed by atoms with van der Waals surface area (Å²) >= 11 is 12.0. The molecule has 0 aliphatic rings. The molecule has 7 nitrogen and oxygen atoms in total. The minimum atomic E-state index is -0.417. The molecule has 9 heteroatoms. The number of nitrogens with one attached hydrogen (secondary N) is 2. The Morgan fingerprint density at radius 2 is 2.00 bits per heavy atom. The average Bonchev–Trinajstić information content (AvgIpc) is 2.82. The third kappa shape index (κ3) is 4.39. The first-order valence-corrected chi connectivity index (χ1v) is 7.85. The molecule has 2 rings (SSSR count). The molecular formula is C15H17Cl2N5O2. The summed E-state index contributed by atoms with van der Waals surface area (Å²) in [5.41, 5.74) is 1.76. The maximum Gasteiger partial charge on any atom is 0.269 e. The number of hydrogen-bond donors (Lipinski definition) is 2. The van der Waals surface area contributed by atoms with Gasteiger partial charge in [-0.1, -0.05) is 35.3 Å². The molecule has 1 aromatic carbocycles. The molecule has 0 saturated heterocycles. The van der Waals surface area contributed by atoms with Crippen molar-refractivity contribution >= 4 is 34.8 Å². The van der Waals surface area contributed by atoms with Crippen LogP contribution in [-0.2, 0) is 20.1 Å². The zero-order valence-corrected chi connectivity index (χ0v) is 14.7. The molecule has 0 saturated carbocycles. The molecule has 24 heavy (non-hydrogen) atoms. The number of rotatable bonds is 5. The first-order chi connectivity index (χ1) is 11.4. The van der Waals surface area contributed by atoms with E-state index < -0.39 is 4.92 Å². The molecule has 1 aromatic heterocycles. The third-order valence-electron chi connectivity index (χ3n) is 3.46. The van der Waals surface area contributed by atoms with Gasteiger partial charge in [-0.05, 0) is 11.6 Å². The average molecular weight is 370 g/mol. The van der Waals surface area contributed by atoms with Gasteiger partial charge in [-0.3, -0.25) is 15.1 Å². The lowest BCUT2D eigenvalue weighted by molar-refractivity contribution is -0.384. The SMILES string of the molecule is CN=C(NCc1cccc([N+](=O)[O-])c1)NCc1cc(Cl)c(Cl)n1C. The van der Waals surface area contributed by atoms with Gasteiger partial charge in [0.1, 0.15) is 5.15 Å². The maximum atomic E-state index is 10.8. The normalized spacial score (nSPS) is 11.4. The molecule has 0 aliphatic carbocycles.